The van der Waals surface area contributed by atoms with E-state index in [0.29, 0.717) is 5.92 Å². The van der Waals surface area contributed by atoms with Gasteiger partial charge in [0.15, 0.2) is 0 Å². The molecule has 1 N–H and O–H groups in total. The quantitative estimate of drug-likeness (QED) is 0.180. The van der Waals surface area contributed by atoms with Crippen molar-refractivity contribution in [1.29, 1.82) is 0 Å². The summed E-state index contributed by atoms with van der Waals surface area (Å²) in [5.74, 6) is 2.72. The van der Waals surface area contributed by atoms with E-state index in [-0.39, 0.29) is 0 Å². The lowest BCUT2D eigenvalue weighted by Crippen LogP contribution is -2.30. The van der Waals surface area contributed by atoms with Crippen molar-refractivity contribution in [2.75, 3.05) is 0 Å². The predicted octanol–water partition coefficient (Wildman–Crippen LogP) is 6.49. The van der Waals surface area contributed by atoms with Crippen LogP contribution in [0.15, 0.2) is 138 Å². The van der Waals surface area contributed by atoms with Crippen LogP contribution in [-0.2, 0) is 0 Å². The number of allylic oxidation sites excluding steroid dienone is 1. The molecule has 0 saturated heterocycles. The van der Waals surface area contributed by atoms with Gasteiger partial charge in [0.05, 0.1) is 17.2 Å². The molecule has 170 valence electrons. The highest BCUT2D eigenvalue weighted by atomic mass is 31.2. The molecule has 0 fully saturated rings. The van der Waals surface area contributed by atoms with E-state index in [4.69, 9.17) is 5.10 Å². The summed E-state index contributed by atoms with van der Waals surface area (Å²) in [6, 6.07) is 43.0. The maximum Gasteiger partial charge on any atom is 0.138 e. The molecule has 0 saturated carbocycles. The van der Waals surface area contributed by atoms with E-state index in [1.807, 2.05) is 6.07 Å². The van der Waals surface area contributed by atoms with Gasteiger partial charge in [0.25, 0.3) is 0 Å². The zero-order valence-corrected chi connectivity index (χ0v) is 21.0. The van der Waals surface area contributed by atoms with Gasteiger partial charge in [-0.25, -0.2) is 0 Å². The lowest BCUT2D eigenvalue weighted by atomic mass is 10.0. The van der Waals surface area contributed by atoms with E-state index < -0.39 is 7.26 Å². The van der Waals surface area contributed by atoms with E-state index in [9.17, 15) is 0 Å². The summed E-state index contributed by atoms with van der Waals surface area (Å²) < 4.78 is 0. The van der Waals surface area contributed by atoms with Crippen molar-refractivity contribution in [2.24, 2.45) is 11.0 Å². The monoisotopic (exact) mass is 463 g/mol. The first-order valence-corrected chi connectivity index (χ1v) is 13.6. The molecule has 0 amide bonds. The lowest BCUT2D eigenvalue weighted by molar-refractivity contribution is 0.825. The predicted molar refractivity (Wildman–Crippen MR) is 150 cm³/mol. The highest BCUT2D eigenvalue weighted by molar-refractivity contribution is 7.98. The minimum Gasteiger partial charge on any atom is -0.279 e. The number of rotatable bonds is 8. The summed E-state index contributed by atoms with van der Waals surface area (Å²) in [7, 11) is -2.06. The molecule has 0 spiro atoms. The molecule has 4 rings (SSSR count). The third-order valence-corrected chi connectivity index (χ3v) is 9.96. The minimum atomic E-state index is -2.06. The van der Waals surface area contributed by atoms with Gasteiger partial charge < -0.3 is 0 Å². The van der Waals surface area contributed by atoms with E-state index in [2.05, 4.69) is 147 Å². The van der Waals surface area contributed by atoms with E-state index in [1.54, 1.807) is 0 Å². The first kappa shape index (κ1) is 23.7. The van der Waals surface area contributed by atoms with Gasteiger partial charge in [0, 0.05) is 0 Å². The van der Waals surface area contributed by atoms with Gasteiger partial charge in [0.1, 0.15) is 23.2 Å². The Labute approximate surface area is 204 Å². The average Bonchev–Trinajstić information content (AvgIpc) is 2.89. The molecule has 0 heterocycles. The summed E-state index contributed by atoms with van der Waals surface area (Å²) in [5, 5.41) is 8.85. The fraction of sp³-hybridized carbons (Fsp3) is 0.129. The fourth-order valence-electron chi connectivity index (χ4n) is 4.26. The Morgan fingerprint density at radius 1 is 0.647 bits per heavy atom. The topological polar surface area (TPSA) is 24.4 Å². The van der Waals surface area contributed by atoms with Crippen LogP contribution in [-0.4, -0.2) is 5.71 Å². The van der Waals surface area contributed by atoms with Gasteiger partial charge in [-0.05, 0) is 54.8 Å². The van der Waals surface area contributed by atoms with Crippen LogP contribution in [0.5, 0.6) is 0 Å². The van der Waals surface area contributed by atoms with Crippen LogP contribution >= 0.6 is 7.26 Å². The summed E-state index contributed by atoms with van der Waals surface area (Å²) >= 11 is 0. The summed E-state index contributed by atoms with van der Waals surface area (Å²) in [6.07, 6.45) is 0. The van der Waals surface area contributed by atoms with Gasteiger partial charge in [-0.3, -0.25) is 5.43 Å². The SMILES string of the molecule is CC(=C[P+](c1ccccc1)(c1ccccc1)c1ccccc1)NN=C(c1ccccc1)C(C)C. The van der Waals surface area contributed by atoms with Crippen molar-refractivity contribution < 1.29 is 0 Å². The number of hydrazone groups is 1. The number of hydrogen-bond donors (Lipinski definition) is 1. The molecule has 0 aliphatic rings. The molecule has 34 heavy (non-hydrogen) atoms. The first-order chi connectivity index (χ1) is 16.6. The minimum absolute atomic E-state index is 0.305. The van der Waals surface area contributed by atoms with Crippen LogP contribution in [0, 0.1) is 5.92 Å². The molecule has 4 aromatic rings. The van der Waals surface area contributed by atoms with Crippen molar-refractivity contribution >= 4 is 28.9 Å². The van der Waals surface area contributed by atoms with Crippen LogP contribution in [0.25, 0.3) is 0 Å². The van der Waals surface area contributed by atoms with Crippen molar-refractivity contribution in [3.8, 4) is 0 Å². The van der Waals surface area contributed by atoms with Crippen molar-refractivity contribution in [2.45, 2.75) is 20.8 Å². The Morgan fingerprint density at radius 3 is 1.41 bits per heavy atom. The lowest BCUT2D eigenvalue weighted by Gasteiger charge is -2.25. The second kappa shape index (κ2) is 11.1. The molecular formula is C31H32N2P+. The third kappa shape index (κ3) is 5.19. The fourth-order valence-corrected chi connectivity index (χ4v) is 8.17. The zero-order chi connectivity index (χ0) is 23.8. The van der Waals surface area contributed by atoms with Crippen molar-refractivity contribution in [3.63, 3.8) is 0 Å². The Morgan fingerprint density at radius 2 is 1.03 bits per heavy atom. The Kier molecular flexibility index (Phi) is 7.72. The normalized spacial score (nSPS) is 12.6. The molecule has 4 aromatic carbocycles. The number of nitrogens with one attached hydrogen (secondary N) is 1. The van der Waals surface area contributed by atoms with Crippen LogP contribution in [0.2, 0.25) is 0 Å². The molecule has 0 radical (unpaired) electrons. The third-order valence-electron chi connectivity index (χ3n) is 5.85. The molecule has 0 aromatic heterocycles. The highest BCUT2D eigenvalue weighted by Crippen LogP contribution is 2.57. The van der Waals surface area contributed by atoms with Crippen LogP contribution in [0.3, 0.4) is 0 Å². The second-order valence-electron chi connectivity index (χ2n) is 8.67. The number of hydrogen-bond acceptors (Lipinski definition) is 2. The van der Waals surface area contributed by atoms with Crippen LogP contribution < -0.4 is 21.3 Å². The van der Waals surface area contributed by atoms with Crippen molar-refractivity contribution in [1.82, 2.24) is 5.43 Å². The highest BCUT2D eigenvalue weighted by Gasteiger charge is 2.43. The molecule has 2 nitrogen and oxygen atoms in total. The van der Waals surface area contributed by atoms with Crippen molar-refractivity contribution in [3.05, 3.63) is 138 Å². The van der Waals surface area contributed by atoms with Crippen LogP contribution in [0.4, 0.5) is 0 Å². The Hall–Kier alpha value is -3.48. The smallest absolute Gasteiger partial charge is 0.138 e. The summed E-state index contributed by atoms with van der Waals surface area (Å²) in [4.78, 5) is 0. The molecule has 0 unspecified atom stereocenters. The Balaban J connectivity index is 1.86. The molecule has 0 atom stereocenters. The second-order valence-corrected chi connectivity index (χ2v) is 11.9. The zero-order valence-electron chi connectivity index (χ0n) is 20.1. The number of benzene rings is 4. The van der Waals surface area contributed by atoms with Gasteiger partial charge in [0.2, 0.25) is 0 Å². The molecule has 3 heteroatoms. The van der Waals surface area contributed by atoms with E-state index in [0.717, 1.165) is 17.0 Å². The van der Waals surface area contributed by atoms with Gasteiger partial charge in [-0.1, -0.05) is 98.8 Å². The maximum absolute atomic E-state index is 4.87. The Bertz CT molecular complexity index is 1140. The van der Waals surface area contributed by atoms with Crippen LogP contribution in [0.1, 0.15) is 26.3 Å². The summed E-state index contributed by atoms with van der Waals surface area (Å²) in [6.45, 7) is 6.49. The standard InChI is InChI=1S/C31H32N2P/c1-25(2)31(27-16-8-4-9-17-27)33-32-26(3)24-34(28-18-10-5-11-19-28,29-20-12-6-13-21-29)30-22-14-7-15-23-30/h4-25,32H,1-3H3/q+1. The molecular weight excluding hydrogens is 431 g/mol. The molecule has 0 bridgehead atoms. The first-order valence-electron chi connectivity index (χ1n) is 11.8. The van der Waals surface area contributed by atoms with E-state index >= 15 is 0 Å². The number of nitrogens with zero attached hydrogens (tertiary/aromatic N) is 1. The molecule has 0 aliphatic heterocycles. The van der Waals surface area contributed by atoms with Gasteiger partial charge in [-0.15, -0.1) is 0 Å². The van der Waals surface area contributed by atoms with E-state index in [1.165, 1.54) is 15.9 Å². The summed E-state index contributed by atoms with van der Waals surface area (Å²) in [5.41, 5.74) is 6.64. The largest absolute Gasteiger partial charge is 0.279 e. The average molecular weight is 464 g/mol. The van der Waals surface area contributed by atoms with Gasteiger partial charge >= 0.3 is 0 Å². The maximum atomic E-state index is 4.87. The molecule has 0 aliphatic carbocycles. The van der Waals surface area contributed by atoms with Gasteiger partial charge in [-0.2, -0.15) is 5.10 Å².